The Morgan fingerprint density at radius 3 is 2.12 bits per heavy atom. The molecule has 0 fully saturated rings. The van der Waals surface area contributed by atoms with Crippen LogP contribution in [0, 0.1) is 36.8 Å². The lowest BCUT2D eigenvalue weighted by atomic mass is 10.6. The van der Waals surface area contributed by atoms with Gasteiger partial charge in [0.2, 0.25) is 12.4 Å². The number of nitriles is 2. The minimum Gasteiger partial charge on any atom is -0.250 e. The Balaban J connectivity index is 0.000000464. The van der Waals surface area contributed by atoms with Crippen molar-refractivity contribution in [2.45, 2.75) is 32.8 Å². The summed E-state index contributed by atoms with van der Waals surface area (Å²) in [5.74, 6) is 1.16. The van der Waals surface area contributed by atoms with Gasteiger partial charge in [-0.05, 0) is 20.1 Å². The van der Waals surface area contributed by atoms with Gasteiger partial charge in [0.1, 0.15) is 0 Å². The van der Waals surface area contributed by atoms with Gasteiger partial charge in [-0.25, -0.2) is 14.2 Å². The van der Waals surface area contributed by atoms with Crippen molar-refractivity contribution in [1.29, 1.82) is 10.5 Å². The molecule has 0 spiro atoms. The van der Waals surface area contributed by atoms with Crippen molar-refractivity contribution in [2.75, 3.05) is 12.5 Å². The molecule has 2 aromatic heterocycles. The molecule has 2 unspecified atom stereocenters. The van der Waals surface area contributed by atoms with E-state index in [9.17, 15) is 4.21 Å². The van der Waals surface area contributed by atoms with E-state index < -0.39 is 9.73 Å². The molecular formula is C15H22N6OS4. The third kappa shape index (κ3) is 9.73. The van der Waals surface area contributed by atoms with Crippen LogP contribution in [0.25, 0.3) is 0 Å². The standard InChI is InChI=1S/C7H9N3OS2.C7H9N3S2.CH4/c1-6-9-3-7(12-6)4-13(2,11)10-5-8;1-6-9-3-7(11-6)4-12(2)10-5-8;/h3H,4H2,1-2H3;3H,4H2,1-2H3;1H4. The Kier molecular flexibility index (Phi) is 11.1. The fourth-order valence-corrected chi connectivity index (χ4v) is 5.98. The van der Waals surface area contributed by atoms with E-state index in [1.807, 2.05) is 32.5 Å². The zero-order valence-electron chi connectivity index (χ0n) is 14.3. The van der Waals surface area contributed by atoms with Gasteiger partial charge in [0.05, 0.1) is 25.5 Å². The van der Waals surface area contributed by atoms with Crippen molar-refractivity contribution in [1.82, 2.24) is 9.97 Å². The summed E-state index contributed by atoms with van der Waals surface area (Å²) in [7, 11) is -2.56. The third-order valence-electron chi connectivity index (χ3n) is 2.53. The number of hydrogen-bond acceptors (Lipinski definition) is 9. The quantitative estimate of drug-likeness (QED) is 0.679. The minimum atomic E-state index is -2.39. The first-order valence-electron chi connectivity index (χ1n) is 6.88. The molecule has 11 heteroatoms. The van der Waals surface area contributed by atoms with Crippen LogP contribution in [0.3, 0.4) is 0 Å². The highest BCUT2D eigenvalue weighted by atomic mass is 32.2. The Hall–Kier alpha value is -1.66. The molecule has 0 N–H and O–H groups in total. The number of nitrogens with zero attached hydrogens (tertiary/aromatic N) is 6. The monoisotopic (exact) mass is 430 g/mol. The lowest BCUT2D eigenvalue weighted by Crippen LogP contribution is -1.98. The lowest BCUT2D eigenvalue weighted by molar-refractivity contribution is 0.680. The van der Waals surface area contributed by atoms with Crippen molar-refractivity contribution in [2.24, 2.45) is 8.73 Å². The van der Waals surface area contributed by atoms with E-state index in [1.165, 1.54) is 22.5 Å². The zero-order valence-corrected chi connectivity index (χ0v) is 17.6. The van der Waals surface area contributed by atoms with E-state index in [1.54, 1.807) is 23.7 Å². The molecular weight excluding hydrogens is 408 g/mol. The molecule has 0 saturated carbocycles. The molecule has 0 bridgehead atoms. The molecule has 0 radical (unpaired) electrons. The maximum atomic E-state index is 11.6. The average Bonchev–Trinajstić information content (AvgIpc) is 3.08. The van der Waals surface area contributed by atoms with Crippen molar-refractivity contribution in [3.05, 3.63) is 32.2 Å². The Morgan fingerprint density at radius 1 is 1.15 bits per heavy atom. The molecule has 26 heavy (non-hydrogen) atoms. The topological polar surface area (TPSA) is 115 Å². The van der Waals surface area contributed by atoms with Gasteiger partial charge < -0.3 is 0 Å². The molecule has 0 aliphatic heterocycles. The third-order valence-corrected chi connectivity index (χ3v) is 7.16. The average molecular weight is 431 g/mol. The molecule has 0 aliphatic carbocycles. The largest absolute Gasteiger partial charge is 0.250 e. The molecule has 0 saturated heterocycles. The van der Waals surface area contributed by atoms with Crippen LogP contribution in [0.4, 0.5) is 0 Å². The van der Waals surface area contributed by atoms with Gasteiger partial charge in [-0.2, -0.15) is 14.9 Å². The van der Waals surface area contributed by atoms with Crippen LogP contribution < -0.4 is 0 Å². The van der Waals surface area contributed by atoms with Crippen LogP contribution in [0.5, 0.6) is 0 Å². The first-order chi connectivity index (χ1) is 11.8. The molecule has 0 aliphatic rings. The summed E-state index contributed by atoms with van der Waals surface area (Å²) in [6.07, 6.45) is 10.4. The molecule has 2 rings (SSSR count). The molecule has 2 atom stereocenters. The van der Waals surface area contributed by atoms with Crippen molar-refractivity contribution in [3.63, 3.8) is 0 Å². The van der Waals surface area contributed by atoms with E-state index in [4.69, 9.17) is 10.5 Å². The summed E-state index contributed by atoms with van der Waals surface area (Å²) in [4.78, 5) is 10.3. The van der Waals surface area contributed by atoms with Crippen molar-refractivity contribution >= 4 is 43.1 Å². The molecule has 7 nitrogen and oxygen atoms in total. The SMILES string of the molecule is C.Cc1ncc(CS(C)(=O)=NC#N)s1.Cc1ncc(CS(C)=NC#N)s1. The fraction of sp³-hybridized carbons (Fsp3) is 0.467. The number of aryl methyl sites for hydroxylation is 2. The van der Waals surface area contributed by atoms with E-state index >= 15 is 0 Å². The Morgan fingerprint density at radius 2 is 1.69 bits per heavy atom. The van der Waals surface area contributed by atoms with Gasteiger partial charge >= 0.3 is 0 Å². The van der Waals surface area contributed by atoms with Crippen LogP contribution in [0.1, 0.15) is 27.2 Å². The first-order valence-corrected chi connectivity index (χ1v) is 12.4. The summed E-state index contributed by atoms with van der Waals surface area (Å²) < 4.78 is 18.7. The molecule has 142 valence electrons. The van der Waals surface area contributed by atoms with Crippen molar-refractivity contribution < 1.29 is 4.21 Å². The highest BCUT2D eigenvalue weighted by Gasteiger charge is 2.06. The van der Waals surface area contributed by atoms with Gasteiger partial charge in [-0.15, -0.1) is 27.0 Å². The second-order valence-corrected chi connectivity index (χ2v) is 11.6. The highest BCUT2D eigenvalue weighted by molar-refractivity contribution is 7.92. The van der Waals surface area contributed by atoms with Gasteiger partial charge in [0.15, 0.2) is 0 Å². The second kappa shape index (κ2) is 11.9. The summed E-state index contributed by atoms with van der Waals surface area (Å²) in [5, 5.41) is 18.6. The summed E-state index contributed by atoms with van der Waals surface area (Å²) in [6, 6.07) is 0. The summed E-state index contributed by atoms with van der Waals surface area (Å²) in [5.41, 5.74) is 0. The first kappa shape index (κ1) is 24.3. The summed E-state index contributed by atoms with van der Waals surface area (Å²) in [6.45, 7) is 3.86. The Bertz CT molecular complexity index is 938. The number of rotatable bonds is 4. The summed E-state index contributed by atoms with van der Waals surface area (Å²) >= 11 is 3.15. The predicted octanol–water partition coefficient (Wildman–Crippen LogP) is 4.03. The van der Waals surface area contributed by atoms with E-state index in [2.05, 4.69) is 18.7 Å². The van der Waals surface area contributed by atoms with Crippen LogP contribution in [-0.2, 0) is 31.9 Å². The number of aromatic nitrogens is 2. The van der Waals surface area contributed by atoms with Gasteiger partial charge in [0.25, 0.3) is 0 Å². The normalized spacial score (nSPS) is 13.2. The van der Waals surface area contributed by atoms with Gasteiger partial charge in [0, 0.05) is 34.2 Å². The molecule has 0 aromatic carbocycles. The van der Waals surface area contributed by atoms with Gasteiger partial charge in [-0.1, -0.05) is 18.1 Å². The second-order valence-electron chi connectivity index (χ2n) is 4.92. The minimum absolute atomic E-state index is 0. The van der Waals surface area contributed by atoms with Crippen molar-refractivity contribution in [3.8, 4) is 12.4 Å². The van der Waals surface area contributed by atoms with Crippen LogP contribution in [0.15, 0.2) is 21.1 Å². The lowest BCUT2D eigenvalue weighted by Gasteiger charge is -1.96. The van der Waals surface area contributed by atoms with E-state index in [0.717, 1.165) is 20.6 Å². The smallest absolute Gasteiger partial charge is 0.214 e. The van der Waals surface area contributed by atoms with Crippen LogP contribution >= 0.6 is 22.7 Å². The molecule has 0 amide bonds. The van der Waals surface area contributed by atoms with E-state index in [-0.39, 0.29) is 18.1 Å². The van der Waals surface area contributed by atoms with Gasteiger partial charge in [-0.3, -0.25) is 0 Å². The fourth-order valence-electron chi connectivity index (χ4n) is 1.63. The zero-order chi connectivity index (χ0) is 18.9. The molecule has 2 heterocycles. The van der Waals surface area contributed by atoms with Crippen LogP contribution in [-0.4, -0.2) is 26.7 Å². The predicted molar refractivity (Wildman–Crippen MR) is 111 cm³/mol. The molecule has 2 aromatic rings. The Labute approximate surface area is 166 Å². The number of hydrogen-bond donors (Lipinski definition) is 0. The maximum Gasteiger partial charge on any atom is 0.214 e. The van der Waals surface area contributed by atoms with Crippen LogP contribution in [0.2, 0.25) is 0 Å². The highest BCUT2D eigenvalue weighted by Crippen LogP contribution is 2.15. The number of thiazole rings is 2. The van der Waals surface area contributed by atoms with E-state index in [0.29, 0.717) is 5.75 Å². The maximum absolute atomic E-state index is 11.6.